The number of piperazine rings is 1. The first kappa shape index (κ1) is 18.6. The summed E-state index contributed by atoms with van der Waals surface area (Å²) >= 11 is 3.44. The molecule has 6 heteroatoms. The lowest BCUT2D eigenvalue weighted by molar-refractivity contribution is 0.0740. The van der Waals surface area contributed by atoms with Crippen molar-refractivity contribution in [1.82, 2.24) is 4.90 Å². The van der Waals surface area contributed by atoms with Crippen molar-refractivity contribution in [2.75, 3.05) is 31.1 Å². The molecule has 3 rings (SSSR count). The molecule has 0 unspecified atom stereocenters. The van der Waals surface area contributed by atoms with Gasteiger partial charge in [-0.3, -0.25) is 4.79 Å². The number of anilines is 1. The number of phenols is 1. The fourth-order valence-electron chi connectivity index (χ4n) is 3.08. The zero-order valence-corrected chi connectivity index (χ0v) is 16.6. The third-order valence-electron chi connectivity index (χ3n) is 4.33. The van der Waals surface area contributed by atoms with Crippen LogP contribution in [0.25, 0.3) is 0 Å². The molecule has 1 heterocycles. The number of amides is 1. The van der Waals surface area contributed by atoms with Gasteiger partial charge in [-0.25, -0.2) is 0 Å². The molecule has 1 N–H and O–H groups in total. The van der Waals surface area contributed by atoms with Crippen LogP contribution in [0.5, 0.6) is 11.5 Å². The Labute approximate surface area is 162 Å². The van der Waals surface area contributed by atoms with E-state index in [1.807, 2.05) is 49.1 Å². The number of ether oxygens (including phenoxy) is 1. The van der Waals surface area contributed by atoms with Crippen LogP contribution in [0.2, 0.25) is 0 Å². The fraction of sp³-hybridized carbons (Fsp3) is 0.350. The Morgan fingerprint density at radius 3 is 2.46 bits per heavy atom. The number of para-hydroxylation sites is 2. The second-order valence-corrected chi connectivity index (χ2v) is 7.49. The summed E-state index contributed by atoms with van der Waals surface area (Å²) in [5.74, 6) is 0.848. The summed E-state index contributed by atoms with van der Waals surface area (Å²) < 4.78 is 6.71. The highest BCUT2D eigenvalue weighted by atomic mass is 79.9. The molecule has 138 valence electrons. The minimum atomic E-state index is -0.0231. The second kappa shape index (κ2) is 7.99. The van der Waals surface area contributed by atoms with Crippen molar-refractivity contribution < 1.29 is 14.6 Å². The molecule has 0 aliphatic carbocycles. The maximum absolute atomic E-state index is 13.0. The summed E-state index contributed by atoms with van der Waals surface area (Å²) in [5.41, 5.74) is 1.39. The van der Waals surface area contributed by atoms with Gasteiger partial charge in [0, 0.05) is 30.7 Å². The van der Waals surface area contributed by atoms with E-state index in [1.54, 1.807) is 12.1 Å². The van der Waals surface area contributed by atoms with E-state index in [9.17, 15) is 9.90 Å². The molecule has 5 nitrogen and oxygen atoms in total. The zero-order valence-electron chi connectivity index (χ0n) is 15.0. The lowest BCUT2D eigenvalue weighted by Gasteiger charge is -2.36. The van der Waals surface area contributed by atoms with E-state index in [4.69, 9.17) is 4.74 Å². The van der Waals surface area contributed by atoms with Crippen molar-refractivity contribution in [2.24, 2.45) is 0 Å². The van der Waals surface area contributed by atoms with Gasteiger partial charge in [0.25, 0.3) is 5.91 Å². The third kappa shape index (κ3) is 4.12. The average Bonchev–Trinajstić information content (AvgIpc) is 2.61. The molecule has 0 saturated carbocycles. The second-order valence-electron chi connectivity index (χ2n) is 6.58. The van der Waals surface area contributed by atoms with Gasteiger partial charge in [0.2, 0.25) is 0 Å². The standard InChI is InChI=1S/C20H23BrN2O3/c1-14(2)26-19-13-15(21)7-8-16(19)20(25)23-11-9-22(10-12-23)17-5-3-4-6-18(17)24/h3-8,13-14,24H,9-12H2,1-2H3. The number of carbonyl (C=O) groups excluding carboxylic acids is 1. The minimum Gasteiger partial charge on any atom is -0.506 e. The molecule has 2 aromatic rings. The first-order valence-electron chi connectivity index (χ1n) is 8.74. The van der Waals surface area contributed by atoms with Crippen LogP contribution in [0, 0.1) is 0 Å². The Kier molecular flexibility index (Phi) is 5.71. The number of hydrogen-bond acceptors (Lipinski definition) is 4. The number of halogens is 1. The molecule has 1 fully saturated rings. The smallest absolute Gasteiger partial charge is 0.257 e. The molecule has 26 heavy (non-hydrogen) atoms. The molecule has 0 aromatic heterocycles. The van der Waals surface area contributed by atoms with Crippen LogP contribution in [0.1, 0.15) is 24.2 Å². The lowest BCUT2D eigenvalue weighted by atomic mass is 10.1. The number of benzene rings is 2. The number of nitrogens with zero attached hydrogens (tertiary/aromatic N) is 2. The first-order chi connectivity index (χ1) is 12.5. The van der Waals surface area contributed by atoms with E-state index < -0.39 is 0 Å². The monoisotopic (exact) mass is 418 g/mol. The van der Waals surface area contributed by atoms with E-state index >= 15 is 0 Å². The van der Waals surface area contributed by atoms with Crippen molar-refractivity contribution >= 4 is 27.5 Å². The number of phenolic OH excluding ortho intramolecular Hbond substituents is 1. The summed E-state index contributed by atoms with van der Waals surface area (Å²) in [7, 11) is 0. The molecule has 1 amide bonds. The summed E-state index contributed by atoms with van der Waals surface area (Å²) in [6.45, 7) is 6.45. The van der Waals surface area contributed by atoms with E-state index in [1.165, 1.54) is 0 Å². The van der Waals surface area contributed by atoms with Crippen LogP contribution in [-0.2, 0) is 0 Å². The Morgan fingerprint density at radius 1 is 1.12 bits per heavy atom. The maximum Gasteiger partial charge on any atom is 0.257 e. The normalized spacial score (nSPS) is 14.6. The van der Waals surface area contributed by atoms with Crippen LogP contribution >= 0.6 is 15.9 Å². The zero-order chi connectivity index (χ0) is 18.7. The van der Waals surface area contributed by atoms with Gasteiger partial charge in [-0.2, -0.15) is 0 Å². The molecule has 0 radical (unpaired) electrons. The molecule has 0 bridgehead atoms. The molecule has 0 atom stereocenters. The van der Waals surface area contributed by atoms with Crippen LogP contribution in [0.3, 0.4) is 0 Å². The van der Waals surface area contributed by atoms with Gasteiger partial charge in [0.1, 0.15) is 11.5 Å². The van der Waals surface area contributed by atoms with Gasteiger partial charge in [-0.05, 0) is 44.2 Å². The van der Waals surface area contributed by atoms with E-state index in [0.29, 0.717) is 37.5 Å². The van der Waals surface area contributed by atoms with E-state index in [2.05, 4.69) is 20.8 Å². The lowest BCUT2D eigenvalue weighted by Crippen LogP contribution is -2.48. The topological polar surface area (TPSA) is 53.0 Å². The quantitative estimate of drug-likeness (QED) is 0.817. The SMILES string of the molecule is CC(C)Oc1cc(Br)ccc1C(=O)N1CCN(c2ccccc2O)CC1. The van der Waals surface area contributed by atoms with Crippen LogP contribution in [-0.4, -0.2) is 48.2 Å². The van der Waals surface area contributed by atoms with Crippen molar-refractivity contribution in [3.8, 4) is 11.5 Å². The van der Waals surface area contributed by atoms with Crippen molar-refractivity contribution in [2.45, 2.75) is 20.0 Å². The predicted octanol–water partition coefficient (Wildman–Crippen LogP) is 3.90. The molecular weight excluding hydrogens is 396 g/mol. The fourth-order valence-corrected chi connectivity index (χ4v) is 3.42. The Bertz CT molecular complexity index is 786. The Balaban J connectivity index is 1.72. The van der Waals surface area contributed by atoms with Crippen molar-refractivity contribution in [3.05, 3.63) is 52.5 Å². The summed E-state index contributed by atoms with van der Waals surface area (Å²) in [4.78, 5) is 16.9. The number of aromatic hydroxyl groups is 1. The maximum atomic E-state index is 13.0. The molecule has 1 aliphatic heterocycles. The average molecular weight is 419 g/mol. The van der Waals surface area contributed by atoms with Crippen LogP contribution in [0.15, 0.2) is 46.9 Å². The Hall–Kier alpha value is -2.21. The van der Waals surface area contributed by atoms with Crippen molar-refractivity contribution in [3.63, 3.8) is 0 Å². The molecule has 1 aliphatic rings. The van der Waals surface area contributed by atoms with Gasteiger partial charge in [-0.1, -0.05) is 28.1 Å². The highest BCUT2D eigenvalue weighted by molar-refractivity contribution is 9.10. The van der Waals surface area contributed by atoms with Gasteiger partial charge in [0.15, 0.2) is 0 Å². The highest BCUT2D eigenvalue weighted by Crippen LogP contribution is 2.29. The number of carbonyl (C=O) groups is 1. The van der Waals surface area contributed by atoms with E-state index in [-0.39, 0.29) is 17.8 Å². The third-order valence-corrected chi connectivity index (χ3v) is 4.82. The predicted molar refractivity (Wildman–Crippen MR) is 106 cm³/mol. The van der Waals surface area contributed by atoms with Crippen molar-refractivity contribution in [1.29, 1.82) is 0 Å². The molecule has 1 saturated heterocycles. The first-order valence-corrected chi connectivity index (χ1v) is 9.53. The summed E-state index contributed by atoms with van der Waals surface area (Å²) in [6, 6.07) is 12.8. The Morgan fingerprint density at radius 2 is 1.81 bits per heavy atom. The van der Waals surface area contributed by atoms with Gasteiger partial charge < -0.3 is 19.6 Å². The van der Waals surface area contributed by atoms with Crippen LogP contribution in [0.4, 0.5) is 5.69 Å². The summed E-state index contributed by atoms with van der Waals surface area (Å²) in [6.07, 6.45) is -0.00578. The number of rotatable bonds is 4. The highest BCUT2D eigenvalue weighted by Gasteiger charge is 2.25. The van der Waals surface area contributed by atoms with Gasteiger partial charge in [0.05, 0.1) is 17.4 Å². The number of hydrogen-bond donors (Lipinski definition) is 1. The largest absolute Gasteiger partial charge is 0.506 e. The summed E-state index contributed by atoms with van der Waals surface area (Å²) in [5, 5.41) is 10.0. The molecule has 2 aromatic carbocycles. The van der Waals surface area contributed by atoms with Gasteiger partial charge >= 0.3 is 0 Å². The van der Waals surface area contributed by atoms with E-state index in [0.717, 1.165) is 10.2 Å². The van der Waals surface area contributed by atoms with Gasteiger partial charge in [-0.15, -0.1) is 0 Å². The minimum absolute atomic E-state index is 0.00578. The van der Waals surface area contributed by atoms with Crippen LogP contribution < -0.4 is 9.64 Å². The molecule has 0 spiro atoms. The molecular formula is C20H23BrN2O3.